The Kier molecular flexibility index (Phi) is 7.82. The number of carbonyl (C=O) groups is 1. The van der Waals surface area contributed by atoms with E-state index in [1.807, 2.05) is 0 Å². The predicted molar refractivity (Wildman–Crippen MR) is 132 cm³/mol. The maximum absolute atomic E-state index is 13.7. The van der Waals surface area contributed by atoms with Crippen molar-refractivity contribution < 1.29 is 27.6 Å². The lowest BCUT2D eigenvalue weighted by Gasteiger charge is -2.25. The van der Waals surface area contributed by atoms with Gasteiger partial charge in [-0.25, -0.2) is 8.42 Å². The molecule has 3 rings (SSSR count). The first-order chi connectivity index (χ1) is 16.6. The van der Waals surface area contributed by atoms with Gasteiger partial charge in [0.15, 0.2) is 4.90 Å². The Morgan fingerprint density at radius 3 is 2.43 bits per heavy atom. The first-order valence-corrected chi connectivity index (χ1v) is 11.9. The molecule has 0 spiro atoms. The lowest BCUT2D eigenvalue weighted by atomic mass is 10.2. The number of nitro benzene ring substituents is 1. The average molecular weight is 520 g/mol. The van der Waals surface area contributed by atoms with Crippen molar-refractivity contribution in [3.8, 4) is 11.5 Å². The lowest BCUT2D eigenvalue weighted by Crippen LogP contribution is -2.38. The highest BCUT2D eigenvalue weighted by Crippen LogP contribution is 2.37. The molecule has 3 aromatic carbocycles. The molecule has 184 valence electrons. The van der Waals surface area contributed by atoms with Gasteiger partial charge in [-0.15, -0.1) is 0 Å². The van der Waals surface area contributed by atoms with Crippen LogP contribution in [0.3, 0.4) is 0 Å². The van der Waals surface area contributed by atoms with E-state index >= 15 is 0 Å². The number of benzene rings is 3. The summed E-state index contributed by atoms with van der Waals surface area (Å²) in [6, 6.07) is 14.1. The zero-order chi connectivity index (χ0) is 25.8. The zero-order valence-electron chi connectivity index (χ0n) is 19.0. The molecule has 0 saturated heterocycles. The van der Waals surface area contributed by atoms with Crippen molar-refractivity contribution in [2.24, 2.45) is 0 Å². The molecule has 0 fully saturated rings. The molecule has 0 atom stereocenters. The largest absolute Gasteiger partial charge is 0.497 e. The topological polar surface area (TPSA) is 128 Å². The molecule has 0 radical (unpaired) electrons. The number of aryl methyl sites for hydroxylation is 1. The minimum Gasteiger partial charge on any atom is -0.497 e. The standard InChI is InChI=1S/C23H22ClN3O7S/c1-15-8-9-16(12-18(15)24)25-23(28)14-26(19-11-10-17(33-2)13-21(19)34-3)35(31,32)22-7-5-4-6-20(22)27(29)30/h4-13H,14H2,1-3H3,(H,25,28). The number of hydrogen-bond acceptors (Lipinski definition) is 7. The van der Waals surface area contributed by atoms with Gasteiger partial charge in [0.25, 0.3) is 15.7 Å². The molecule has 1 N–H and O–H groups in total. The van der Waals surface area contributed by atoms with Crippen molar-refractivity contribution in [3.05, 3.63) is 81.4 Å². The van der Waals surface area contributed by atoms with Gasteiger partial charge in [-0.05, 0) is 42.8 Å². The monoisotopic (exact) mass is 519 g/mol. The smallest absolute Gasteiger partial charge is 0.289 e. The van der Waals surface area contributed by atoms with Gasteiger partial charge in [0.1, 0.15) is 18.0 Å². The summed E-state index contributed by atoms with van der Waals surface area (Å²) in [6.07, 6.45) is 0. The fourth-order valence-corrected chi connectivity index (χ4v) is 5.01. The van der Waals surface area contributed by atoms with Crippen LogP contribution in [-0.4, -0.2) is 40.0 Å². The Morgan fingerprint density at radius 2 is 1.80 bits per heavy atom. The number of nitrogens with zero attached hydrogens (tertiary/aromatic N) is 2. The Hall–Kier alpha value is -3.83. The van der Waals surface area contributed by atoms with Crippen molar-refractivity contribution in [1.82, 2.24) is 0 Å². The highest BCUT2D eigenvalue weighted by Gasteiger charge is 2.34. The number of amides is 1. The molecule has 3 aromatic rings. The first-order valence-electron chi connectivity index (χ1n) is 10.1. The number of anilines is 2. The van der Waals surface area contributed by atoms with E-state index in [0.717, 1.165) is 22.0 Å². The Balaban J connectivity index is 2.10. The molecule has 0 aromatic heterocycles. The number of para-hydroxylation sites is 1. The molecule has 0 heterocycles. The molecule has 0 aliphatic rings. The summed E-state index contributed by atoms with van der Waals surface area (Å²) in [4.78, 5) is 23.1. The van der Waals surface area contributed by atoms with Crippen molar-refractivity contribution in [3.63, 3.8) is 0 Å². The van der Waals surface area contributed by atoms with Gasteiger partial charge >= 0.3 is 0 Å². The van der Waals surface area contributed by atoms with Crippen LogP contribution in [0.5, 0.6) is 11.5 Å². The van der Waals surface area contributed by atoms with Gasteiger partial charge in [0, 0.05) is 22.8 Å². The normalized spacial score (nSPS) is 11.0. The van der Waals surface area contributed by atoms with E-state index in [1.54, 1.807) is 19.1 Å². The molecule has 1 amide bonds. The summed E-state index contributed by atoms with van der Waals surface area (Å²) in [6.45, 7) is 1.09. The van der Waals surface area contributed by atoms with Crippen molar-refractivity contribution in [2.45, 2.75) is 11.8 Å². The second-order valence-electron chi connectivity index (χ2n) is 7.29. The minimum atomic E-state index is -4.60. The van der Waals surface area contributed by atoms with Gasteiger partial charge in [0.2, 0.25) is 5.91 Å². The molecule has 0 bridgehead atoms. The zero-order valence-corrected chi connectivity index (χ0v) is 20.6. The number of rotatable bonds is 9. The van der Waals surface area contributed by atoms with Crippen LogP contribution in [0.2, 0.25) is 5.02 Å². The Bertz CT molecular complexity index is 1380. The summed E-state index contributed by atoms with van der Waals surface area (Å²) >= 11 is 6.12. The van der Waals surface area contributed by atoms with Gasteiger partial charge in [0.05, 0.1) is 24.8 Å². The van der Waals surface area contributed by atoms with Crippen LogP contribution in [0, 0.1) is 17.0 Å². The van der Waals surface area contributed by atoms with Crippen molar-refractivity contribution >= 4 is 44.6 Å². The summed E-state index contributed by atoms with van der Waals surface area (Å²) < 4.78 is 38.7. The van der Waals surface area contributed by atoms with Crippen LogP contribution in [0.25, 0.3) is 0 Å². The summed E-state index contributed by atoms with van der Waals surface area (Å²) in [5, 5.41) is 14.6. The van der Waals surface area contributed by atoms with Crippen LogP contribution < -0.4 is 19.1 Å². The maximum atomic E-state index is 13.7. The Morgan fingerprint density at radius 1 is 1.09 bits per heavy atom. The van der Waals surface area contributed by atoms with Gasteiger partial charge in [-0.3, -0.25) is 19.2 Å². The van der Waals surface area contributed by atoms with E-state index in [-0.39, 0.29) is 11.4 Å². The third-order valence-corrected chi connectivity index (χ3v) is 7.24. The van der Waals surface area contributed by atoms with E-state index in [9.17, 15) is 23.3 Å². The summed E-state index contributed by atoms with van der Waals surface area (Å²) in [5.41, 5.74) is 0.516. The Labute approximate surface area is 207 Å². The SMILES string of the molecule is COc1ccc(N(CC(=O)Nc2ccc(C)c(Cl)c2)S(=O)(=O)c2ccccc2[N+](=O)[O-])c(OC)c1. The third kappa shape index (κ3) is 5.64. The van der Waals surface area contributed by atoms with Gasteiger partial charge in [-0.2, -0.15) is 0 Å². The summed E-state index contributed by atoms with van der Waals surface area (Å²) in [7, 11) is -1.85. The second kappa shape index (κ2) is 10.6. The van der Waals surface area contributed by atoms with Crippen LogP contribution in [-0.2, 0) is 14.8 Å². The molecular formula is C23H22ClN3O7S. The maximum Gasteiger partial charge on any atom is 0.289 e. The molecule has 0 aliphatic carbocycles. The van der Waals surface area contributed by atoms with Gasteiger partial charge < -0.3 is 14.8 Å². The van der Waals surface area contributed by atoms with E-state index in [4.69, 9.17) is 21.1 Å². The van der Waals surface area contributed by atoms with Crippen LogP contribution in [0.4, 0.5) is 17.1 Å². The molecule has 0 aliphatic heterocycles. The number of hydrogen-bond donors (Lipinski definition) is 1. The molecule has 0 saturated carbocycles. The quantitative estimate of drug-likeness (QED) is 0.327. The van der Waals surface area contributed by atoms with Crippen molar-refractivity contribution in [2.75, 3.05) is 30.4 Å². The fraction of sp³-hybridized carbons (Fsp3) is 0.174. The molecule has 0 unspecified atom stereocenters. The highest BCUT2D eigenvalue weighted by molar-refractivity contribution is 7.93. The molecular weight excluding hydrogens is 498 g/mol. The first kappa shape index (κ1) is 25.8. The van der Waals surface area contributed by atoms with E-state index in [0.29, 0.717) is 16.5 Å². The predicted octanol–water partition coefficient (Wildman–Crippen LogP) is 4.41. The van der Waals surface area contributed by atoms with E-state index in [2.05, 4.69) is 5.32 Å². The third-order valence-electron chi connectivity index (χ3n) is 5.03. The van der Waals surface area contributed by atoms with Crippen LogP contribution in [0.15, 0.2) is 65.6 Å². The number of ether oxygens (including phenoxy) is 2. The van der Waals surface area contributed by atoms with E-state index < -0.39 is 38.0 Å². The molecule has 12 heteroatoms. The van der Waals surface area contributed by atoms with E-state index in [1.165, 1.54) is 50.6 Å². The number of nitrogens with one attached hydrogen (secondary N) is 1. The second-order valence-corrected chi connectivity index (χ2v) is 9.52. The number of nitro groups is 1. The lowest BCUT2D eigenvalue weighted by molar-refractivity contribution is -0.387. The van der Waals surface area contributed by atoms with Crippen LogP contribution >= 0.6 is 11.6 Å². The number of methoxy groups -OCH3 is 2. The number of sulfonamides is 1. The van der Waals surface area contributed by atoms with Gasteiger partial charge in [-0.1, -0.05) is 29.8 Å². The van der Waals surface area contributed by atoms with Crippen LogP contribution in [0.1, 0.15) is 5.56 Å². The number of halogens is 1. The molecule has 10 nitrogen and oxygen atoms in total. The number of carbonyl (C=O) groups excluding carboxylic acids is 1. The minimum absolute atomic E-state index is 0.0106. The molecule has 35 heavy (non-hydrogen) atoms. The fourth-order valence-electron chi connectivity index (χ4n) is 3.24. The van der Waals surface area contributed by atoms with Crippen molar-refractivity contribution in [1.29, 1.82) is 0 Å². The summed E-state index contributed by atoms with van der Waals surface area (Å²) in [5.74, 6) is -0.241. The average Bonchev–Trinajstić information content (AvgIpc) is 2.84. The highest BCUT2D eigenvalue weighted by atomic mass is 35.5.